The number of fused-ring (bicyclic) bond motifs is 5. The molecule has 0 spiro atoms. The van der Waals surface area contributed by atoms with Gasteiger partial charge >= 0.3 is 0 Å². The van der Waals surface area contributed by atoms with Crippen LogP contribution >= 0.6 is 0 Å². The molecule has 4 nitrogen and oxygen atoms in total. The monoisotopic (exact) mass is 345 g/mol. The first kappa shape index (κ1) is 15.7. The molecule has 4 aromatic rings. The second-order valence-corrected chi connectivity index (χ2v) is 7.61. The molecule has 0 saturated heterocycles. The molecule has 1 aliphatic heterocycles. The van der Waals surface area contributed by atoms with Crippen molar-refractivity contribution in [1.82, 2.24) is 14.4 Å². The lowest BCUT2D eigenvalue weighted by molar-refractivity contribution is 0.186. The third kappa shape index (κ3) is 2.30. The predicted molar refractivity (Wildman–Crippen MR) is 108 cm³/mol. The van der Waals surface area contributed by atoms with Gasteiger partial charge in [0.25, 0.3) is 0 Å². The molecule has 0 radical (unpaired) electrons. The first-order chi connectivity index (χ1) is 12.6. The third-order valence-electron chi connectivity index (χ3n) is 5.51. The summed E-state index contributed by atoms with van der Waals surface area (Å²) in [5.74, 6) is 0.356. The maximum Gasteiger partial charge on any atom is 0.116 e. The quantitative estimate of drug-likeness (QED) is 0.609. The van der Waals surface area contributed by atoms with E-state index in [9.17, 15) is 5.11 Å². The van der Waals surface area contributed by atoms with Gasteiger partial charge in [-0.25, -0.2) is 0 Å². The molecule has 26 heavy (non-hydrogen) atoms. The van der Waals surface area contributed by atoms with E-state index >= 15 is 0 Å². The first-order valence-electron chi connectivity index (χ1n) is 9.14. The van der Waals surface area contributed by atoms with Crippen LogP contribution in [-0.2, 0) is 13.2 Å². The molecule has 132 valence electrons. The highest BCUT2D eigenvalue weighted by atomic mass is 16.3. The maximum absolute atomic E-state index is 10.4. The molecule has 2 heterocycles. The Labute approximate surface area is 152 Å². The van der Waals surface area contributed by atoms with Crippen molar-refractivity contribution in [1.29, 1.82) is 0 Å². The highest BCUT2D eigenvalue weighted by molar-refractivity contribution is 6.21. The van der Waals surface area contributed by atoms with Gasteiger partial charge in [-0.2, -0.15) is 0 Å². The van der Waals surface area contributed by atoms with Gasteiger partial charge in [0.15, 0.2) is 0 Å². The van der Waals surface area contributed by atoms with Crippen LogP contribution in [0.15, 0.2) is 48.5 Å². The summed E-state index contributed by atoms with van der Waals surface area (Å²) in [5, 5.41) is 15.3. The number of hydrogen-bond donors (Lipinski definition) is 1. The van der Waals surface area contributed by atoms with Gasteiger partial charge < -0.3 is 14.6 Å². The van der Waals surface area contributed by atoms with Crippen LogP contribution in [0.3, 0.4) is 0 Å². The van der Waals surface area contributed by atoms with Crippen molar-refractivity contribution in [2.45, 2.75) is 13.2 Å². The summed E-state index contributed by atoms with van der Waals surface area (Å²) in [6.07, 6.45) is 0. The Morgan fingerprint density at radius 2 is 1.88 bits per heavy atom. The topological polar surface area (TPSA) is 31.6 Å². The van der Waals surface area contributed by atoms with Crippen molar-refractivity contribution >= 4 is 32.6 Å². The van der Waals surface area contributed by atoms with Crippen LogP contribution in [0.5, 0.6) is 5.75 Å². The van der Waals surface area contributed by atoms with Crippen LogP contribution in [0, 0.1) is 0 Å². The van der Waals surface area contributed by atoms with Crippen molar-refractivity contribution in [3.05, 3.63) is 54.1 Å². The Balaban J connectivity index is 1.79. The molecule has 0 bridgehead atoms. The van der Waals surface area contributed by atoms with Gasteiger partial charge in [0.2, 0.25) is 0 Å². The van der Waals surface area contributed by atoms with Gasteiger partial charge in [0.1, 0.15) is 5.75 Å². The van der Waals surface area contributed by atoms with Crippen molar-refractivity contribution < 1.29 is 5.11 Å². The standard InChI is InChI=1S/C22H23N3O/c1-23(2)9-10-24-13-16-11-17(26)12-19-21-18-6-4-3-5-15(18)7-8-20(21)25(14-24)22(16)19/h3-8,11-12,26H,9-10,13-14H2,1-2H3. The van der Waals surface area contributed by atoms with Crippen molar-refractivity contribution in [3.63, 3.8) is 0 Å². The fourth-order valence-corrected chi connectivity index (χ4v) is 4.33. The second-order valence-electron chi connectivity index (χ2n) is 7.61. The van der Waals surface area contributed by atoms with Gasteiger partial charge in [-0.3, -0.25) is 4.90 Å². The van der Waals surface area contributed by atoms with Gasteiger partial charge in [0.05, 0.1) is 17.7 Å². The van der Waals surface area contributed by atoms with Crippen molar-refractivity contribution in [2.24, 2.45) is 0 Å². The molecule has 0 atom stereocenters. The van der Waals surface area contributed by atoms with E-state index < -0.39 is 0 Å². The smallest absolute Gasteiger partial charge is 0.116 e. The summed E-state index contributed by atoms with van der Waals surface area (Å²) in [6, 6.07) is 16.8. The molecular formula is C22H23N3O. The minimum absolute atomic E-state index is 0.356. The minimum atomic E-state index is 0.356. The third-order valence-corrected chi connectivity index (χ3v) is 5.51. The number of nitrogens with zero attached hydrogens (tertiary/aromatic N) is 3. The number of hydrogen-bond acceptors (Lipinski definition) is 3. The second kappa shape index (κ2) is 5.73. The Morgan fingerprint density at radius 1 is 1.04 bits per heavy atom. The zero-order valence-corrected chi connectivity index (χ0v) is 15.2. The molecule has 0 amide bonds. The van der Waals surface area contributed by atoms with Crippen LogP contribution in [-0.4, -0.2) is 46.7 Å². The van der Waals surface area contributed by atoms with Crippen LogP contribution in [0.4, 0.5) is 0 Å². The summed E-state index contributed by atoms with van der Waals surface area (Å²) < 4.78 is 2.42. The number of phenolic OH excluding ortho intramolecular Hbond substituents is 1. The van der Waals surface area contributed by atoms with E-state index in [0.717, 1.165) is 26.3 Å². The summed E-state index contributed by atoms with van der Waals surface area (Å²) in [5.41, 5.74) is 3.74. The fraction of sp³-hybridized carbons (Fsp3) is 0.273. The molecule has 1 aliphatic rings. The fourth-order valence-electron chi connectivity index (χ4n) is 4.33. The zero-order valence-electron chi connectivity index (χ0n) is 15.2. The average Bonchev–Trinajstić information content (AvgIpc) is 2.95. The minimum Gasteiger partial charge on any atom is -0.508 e. The van der Waals surface area contributed by atoms with Crippen molar-refractivity contribution in [2.75, 3.05) is 27.2 Å². The maximum atomic E-state index is 10.4. The first-order valence-corrected chi connectivity index (χ1v) is 9.14. The van der Waals surface area contributed by atoms with E-state index in [1.165, 1.54) is 38.1 Å². The predicted octanol–water partition coefficient (Wildman–Crippen LogP) is 3.99. The number of aromatic nitrogens is 1. The van der Waals surface area contributed by atoms with Gasteiger partial charge in [-0.1, -0.05) is 30.3 Å². The largest absolute Gasteiger partial charge is 0.508 e. The van der Waals surface area contributed by atoms with Crippen LogP contribution in [0.2, 0.25) is 0 Å². The molecule has 0 unspecified atom stereocenters. The Morgan fingerprint density at radius 3 is 2.73 bits per heavy atom. The summed E-state index contributed by atoms with van der Waals surface area (Å²) in [6.45, 7) is 3.81. The van der Waals surface area contributed by atoms with Crippen LogP contribution in [0.1, 0.15) is 5.56 Å². The Hall–Kier alpha value is -2.56. The van der Waals surface area contributed by atoms with Gasteiger partial charge in [-0.15, -0.1) is 0 Å². The number of phenols is 1. The molecule has 4 heteroatoms. The van der Waals surface area contributed by atoms with Crippen molar-refractivity contribution in [3.8, 4) is 5.75 Å². The highest BCUT2D eigenvalue weighted by Gasteiger charge is 2.23. The van der Waals surface area contributed by atoms with Crippen LogP contribution < -0.4 is 0 Å². The molecule has 1 aromatic heterocycles. The Kier molecular flexibility index (Phi) is 3.45. The lowest BCUT2D eigenvalue weighted by Crippen LogP contribution is -2.35. The number of benzene rings is 3. The summed E-state index contributed by atoms with van der Waals surface area (Å²) in [7, 11) is 4.22. The lowest BCUT2D eigenvalue weighted by Gasteiger charge is -2.30. The Bertz CT molecular complexity index is 1140. The molecule has 3 aromatic carbocycles. The highest BCUT2D eigenvalue weighted by Crippen LogP contribution is 2.40. The molecule has 1 N–H and O–H groups in total. The molecule has 5 rings (SSSR count). The molecule has 0 aliphatic carbocycles. The molecule has 0 fully saturated rings. The van der Waals surface area contributed by atoms with E-state index in [2.05, 4.69) is 64.9 Å². The molecule has 0 saturated carbocycles. The van der Waals surface area contributed by atoms with E-state index in [1.807, 2.05) is 12.1 Å². The number of likely N-dealkylation sites (N-methyl/N-ethyl adjacent to an activating group) is 1. The number of rotatable bonds is 3. The van der Waals surface area contributed by atoms with E-state index in [1.54, 1.807) is 0 Å². The SMILES string of the molecule is CN(C)CCN1Cc2cc(O)cc3c4c5ccccc5ccc4n(c23)C1. The lowest BCUT2D eigenvalue weighted by atomic mass is 10.0. The van der Waals surface area contributed by atoms with E-state index in [4.69, 9.17) is 0 Å². The van der Waals surface area contributed by atoms with E-state index in [-0.39, 0.29) is 0 Å². The summed E-state index contributed by atoms with van der Waals surface area (Å²) in [4.78, 5) is 4.67. The molecular weight excluding hydrogens is 322 g/mol. The van der Waals surface area contributed by atoms with Gasteiger partial charge in [-0.05, 0) is 48.6 Å². The summed E-state index contributed by atoms with van der Waals surface area (Å²) >= 11 is 0. The van der Waals surface area contributed by atoms with Crippen LogP contribution in [0.25, 0.3) is 32.6 Å². The average molecular weight is 345 g/mol. The number of aromatic hydroxyl groups is 1. The normalized spacial score (nSPS) is 14.9. The van der Waals surface area contributed by atoms with Gasteiger partial charge in [0, 0.05) is 30.4 Å². The van der Waals surface area contributed by atoms with E-state index in [0.29, 0.717) is 5.75 Å². The zero-order chi connectivity index (χ0) is 17.8.